The molecule has 0 spiro atoms. The maximum Gasteiger partial charge on any atom is 0.270 e. The number of hydrogen-bond donors (Lipinski definition) is 2. The summed E-state index contributed by atoms with van der Waals surface area (Å²) in [6, 6.07) is 6.95. The Balaban J connectivity index is 0.00000280. The van der Waals surface area contributed by atoms with E-state index in [0.29, 0.717) is 25.1 Å². The zero-order valence-corrected chi connectivity index (χ0v) is 16.0. The maximum absolute atomic E-state index is 13.6. The number of non-ortho nitro benzene ring substituents is 1. The highest BCUT2D eigenvalue weighted by atomic mass is 35.5. The largest absolute Gasteiger partial charge is 0.347 e. The summed E-state index contributed by atoms with van der Waals surface area (Å²) in [5.41, 5.74) is 0.489. The second kappa shape index (κ2) is 9.27. The molecule has 1 heterocycles. The van der Waals surface area contributed by atoms with Crippen molar-refractivity contribution in [3.8, 4) is 0 Å². The van der Waals surface area contributed by atoms with Crippen LogP contribution in [0.2, 0.25) is 5.02 Å². The first-order valence-electron chi connectivity index (χ1n) is 8.27. The molecule has 150 valence electrons. The highest BCUT2D eigenvalue weighted by Crippen LogP contribution is 2.28. The van der Waals surface area contributed by atoms with Crippen LogP contribution in [-0.4, -0.2) is 30.0 Å². The monoisotopic (exact) mass is 431 g/mol. The molecule has 1 aliphatic rings. The van der Waals surface area contributed by atoms with Crippen molar-refractivity contribution in [3.05, 3.63) is 74.3 Å². The summed E-state index contributed by atoms with van der Waals surface area (Å²) in [4.78, 5) is 22.8. The number of nitro benzene ring substituents is 1. The van der Waals surface area contributed by atoms with Gasteiger partial charge in [-0.05, 0) is 36.7 Å². The van der Waals surface area contributed by atoms with E-state index >= 15 is 0 Å². The molecule has 1 amide bonds. The normalized spacial score (nSPS) is 18.8. The van der Waals surface area contributed by atoms with Gasteiger partial charge in [0.05, 0.1) is 15.5 Å². The van der Waals surface area contributed by atoms with E-state index in [0.717, 1.165) is 18.2 Å². The van der Waals surface area contributed by atoms with Gasteiger partial charge in [-0.2, -0.15) is 0 Å². The Morgan fingerprint density at radius 2 is 1.96 bits per heavy atom. The van der Waals surface area contributed by atoms with Crippen LogP contribution in [0, 0.1) is 21.7 Å². The first-order chi connectivity index (χ1) is 12.9. The van der Waals surface area contributed by atoms with Gasteiger partial charge in [0.25, 0.3) is 11.6 Å². The van der Waals surface area contributed by atoms with Crippen molar-refractivity contribution in [1.82, 2.24) is 10.6 Å². The lowest BCUT2D eigenvalue weighted by molar-refractivity contribution is -0.384. The van der Waals surface area contributed by atoms with Crippen molar-refractivity contribution in [1.29, 1.82) is 0 Å². The number of carbonyl (C=O) groups excluding carboxylic acids is 1. The minimum absolute atomic E-state index is 0. The molecule has 2 aromatic rings. The molecule has 2 unspecified atom stereocenters. The number of carbonyl (C=O) groups is 1. The van der Waals surface area contributed by atoms with E-state index in [1.165, 1.54) is 18.2 Å². The predicted molar refractivity (Wildman–Crippen MR) is 103 cm³/mol. The third-order valence-electron chi connectivity index (χ3n) is 4.58. The van der Waals surface area contributed by atoms with Crippen LogP contribution in [0.3, 0.4) is 0 Å². The summed E-state index contributed by atoms with van der Waals surface area (Å²) in [6.45, 7) is 1.12. The highest BCUT2D eigenvalue weighted by molar-refractivity contribution is 6.34. The van der Waals surface area contributed by atoms with Gasteiger partial charge in [0.1, 0.15) is 0 Å². The second-order valence-corrected chi connectivity index (χ2v) is 6.68. The lowest BCUT2D eigenvalue weighted by Gasteiger charge is -2.33. The summed E-state index contributed by atoms with van der Waals surface area (Å²) in [5.74, 6) is -2.56. The Hall–Kier alpha value is -2.29. The van der Waals surface area contributed by atoms with Crippen LogP contribution in [0.1, 0.15) is 28.3 Å². The number of hydrogen-bond acceptors (Lipinski definition) is 4. The third-order valence-corrected chi connectivity index (χ3v) is 4.89. The topological polar surface area (TPSA) is 84.3 Å². The fourth-order valence-corrected chi connectivity index (χ4v) is 3.46. The van der Waals surface area contributed by atoms with E-state index in [2.05, 4.69) is 10.6 Å². The predicted octanol–water partition coefficient (Wildman–Crippen LogP) is 3.82. The molecule has 2 N–H and O–H groups in total. The van der Waals surface area contributed by atoms with Crippen LogP contribution in [-0.2, 0) is 0 Å². The molecule has 1 aliphatic heterocycles. The lowest BCUT2D eigenvalue weighted by atomic mass is 9.85. The molecule has 2 aromatic carbocycles. The number of piperidine rings is 1. The van der Waals surface area contributed by atoms with Gasteiger partial charge in [-0.15, -0.1) is 12.4 Å². The smallest absolute Gasteiger partial charge is 0.270 e. The molecule has 0 aliphatic carbocycles. The molecule has 28 heavy (non-hydrogen) atoms. The van der Waals surface area contributed by atoms with Gasteiger partial charge < -0.3 is 10.6 Å². The first-order valence-corrected chi connectivity index (χ1v) is 8.65. The van der Waals surface area contributed by atoms with Crippen LogP contribution in [0.25, 0.3) is 0 Å². The molecule has 10 heteroatoms. The van der Waals surface area contributed by atoms with Crippen molar-refractivity contribution < 1.29 is 18.5 Å². The Labute approximate surface area is 170 Å². The zero-order valence-electron chi connectivity index (χ0n) is 14.5. The summed E-state index contributed by atoms with van der Waals surface area (Å²) in [6.07, 6.45) is 0.629. The number of nitrogens with zero attached hydrogens (tertiary/aromatic N) is 1. The molecular formula is C18H17Cl2F2N3O3. The van der Waals surface area contributed by atoms with Crippen LogP contribution in [0.5, 0.6) is 0 Å². The van der Waals surface area contributed by atoms with E-state index in [9.17, 15) is 23.7 Å². The molecule has 6 nitrogen and oxygen atoms in total. The molecule has 1 saturated heterocycles. The third kappa shape index (κ3) is 4.76. The van der Waals surface area contributed by atoms with Crippen LogP contribution in [0.4, 0.5) is 14.5 Å². The van der Waals surface area contributed by atoms with Crippen molar-refractivity contribution >= 4 is 35.6 Å². The van der Waals surface area contributed by atoms with Gasteiger partial charge in [0.15, 0.2) is 11.6 Å². The minimum Gasteiger partial charge on any atom is -0.347 e. The highest BCUT2D eigenvalue weighted by Gasteiger charge is 2.29. The van der Waals surface area contributed by atoms with E-state index in [-0.39, 0.29) is 40.6 Å². The summed E-state index contributed by atoms with van der Waals surface area (Å²) in [5, 5.41) is 16.7. The van der Waals surface area contributed by atoms with Crippen molar-refractivity contribution in [2.24, 2.45) is 0 Å². The quantitative estimate of drug-likeness (QED) is 0.569. The number of benzene rings is 2. The minimum atomic E-state index is -0.936. The summed E-state index contributed by atoms with van der Waals surface area (Å²) < 4.78 is 26.8. The van der Waals surface area contributed by atoms with Gasteiger partial charge >= 0.3 is 0 Å². The van der Waals surface area contributed by atoms with Gasteiger partial charge in [0, 0.05) is 30.6 Å². The van der Waals surface area contributed by atoms with E-state index in [1.54, 1.807) is 0 Å². The van der Waals surface area contributed by atoms with Gasteiger partial charge in [-0.25, -0.2) is 8.78 Å². The van der Waals surface area contributed by atoms with Crippen molar-refractivity contribution in [2.75, 3.05) is 13.1 Å². The fourth-order valence-electron chi connectivity index (χ4n) is 3.20. The maximum atomic E-state index is 13.6. The first kappa shape index (κ1) is 22.0. The number of nitrogens with one attached hydrogen (secondary N) is 2. The summed E-state index contributed by atoms with van der Waals surface area (Å²) >= 11 is 6.01. The molecular weight excluding hydrogens is 415 g/mol. The Morgan fingerprint density at radius 3 is 2.61 bits per heavy atom. The number of amides is 1. The molecule has 0 aromatic heterocycles. The van der Waals surface area contributed by atoms with Crippen LogP contribution in [0.15, 0.2) is 36.4 Å². The molecule has 0 saturated carbocycles. The van der Waals surface area contributed by atoms with Gasteiger partial charge in [0.2, 0.25) is 0 Å². The lowest BCUT2D eigenvalue weighted by Crippen LogP contribution is -2.50. The summed E-state index contributed by atoms with van der Waals surface area (Å²) in [7, 11) is 0. The van der Waals surface area contributed by atoms with Crippen LogP contribution >= 0.6 is 24.0 Å². The fraction of sp³-hybridized carbons (Fsp3) is 0.278. The molecule has 2 atom stereocenters. The van der Waals surface area contributed by atoms with Gasteiger partial charge in [-0.3, -0.25) is 14.9 Å². The van der Waals surface area contributed by atoms with E-state index in [4.69, 9.17) is 11.6 Å². The Morgan fingerprint density at radius 1 is 1.21 bits per heavy atom. The molecule has 1 fully saturated rings. The average Bonchev–Trinajstić information content (AvgIpc) is 2.64. The SMILES string of the molecule is Cl.O=C(NC1CNCCC1c1ccc(F)c(F)c1)c1ccc([N+](=O)[O-])cc1Cl. The molecule has 0 bridgehead atoms. The number of halogens is 4. The molecule has 3 rings (SSSR count). The van der Waals surface area contributed by atoms with E-state index in [1.807, 2.05) is 0 Å². The van der Waals surface area contributed by atoms with Crippen LogP contribution < -0.4 is 10.6 Å². The van der Waals surface area contributed by atoms with Crippen molar-refractivity contribution in [2.45, 2.75) is 18.4 Å². The standard InChI is InChI=1S/C18H16ClF2N3O3.ClH/c19-14-8-11(24(26)27)2-3-13(14)18(25)23-17-9-22-6-5-12(17)10-1-4-15(20)16(21)7-10;/h1-4,7-8,12,17,22H,5-6,9H2,(H,23,25);1H. The Bertz CT molecular complexity index is 898. The average molecular weight is 432 g/mol. The number of nitro groups is 1. The number of rotatable bonds is 4. The van der Waals surface area contributed by atoms with Crippen molar-refractivity contribution in [3.63, 3.8) is 0 Å². The van der Waals surface area contributed by atoms with Gasteiger partial charge in [-0.1, -0.05) is 17.7 Å². The zero-order chi connectivity index (χ0) is 19.6. The van der Waals surface area contributed by atoms with E-state index < -0.39 is 22.5 Å². The second-order valence-electron chi connectivity index (χ2n) is 6.27. The molecule has 0 radical (unpaired) electrons. The Kier molecular flexibility index (Phi) is 7.29.